The van der Waals surface area contributed by atoms with E-state index >= 15 is 0 Å². The number of carbonyl (C=O) groups is 1. The third-order valence-corrected chi connectivity index (χ3v) is 3.47. The molecular weight excluding hydrogens is 295 g/mol. The first-order chi connectivity index (χ1) is 11.1. The minimum absolute atomic E-state index is 0.254. The number of rotatable bonds is 4. The third-order valence-electron chi connectivity index (χ3n) is 3.47. The lowest BCUT2D eigenvalue weighted by molar-refractivity contribution is 0.0951. The van der Waals surface area contributed by atoms with E-state index < -0.39 is 0 Å². The summed E-state index contributed by atoms with van der Waals surface area (Å²) in [5, 5.41) is 6.93. The van der Waals surface area contributed by atoms with Crippen molar-refractivity contribution in [2.24, 2.45) is 7.05 Å². The maximum Gasteiger partial charge on any atom is 0.251 e. The molecule has 116 valence electrons. The molecule has 0 spiro atoms. The van der Waals surface area contributed by atoms with Gasteiger partial charge in [0.25, 0.3) is 5.91 Å². The van der Waals surface area contributed by atoms with E-state index in [0.717, 1.165) is 16.8 Å². The van der Waals surface area contributed by atoms with Crippen molar-refractivity contribution < 1.29 is 9.18 Å². The minimum atomic E-state index is -0.366. The molecule has 0 saturated carbocycles. The van der Waals surface area contributed by atoms with Crippen LogP contribution in [0.1, 0.15) is 15.9 Å². The van der Waals surface area contributed by atoms with E-state index in [4.69, 9.17) is 0 Å². The highest BCUT2D eigenvalue weighted by Crippen LogP contribution is 2.18. The highest BCUT2D eigenvalue weighted by molar-refractivity contribution is 5.94. The molecule has 0 saturated heterocycles. The molecule has 0 fully saturated rings. The average molecular weight is 310 g/mol. The Morgan fingerprint density at radius 1 is 1.22 bits per heavy atom. The zero-order chi connectivity index (χ0) is 16.2. The van der Waals surface area contributed by atoms with Crippen LogP contribution in [0.4, 0.5) is 4.39 Å². The smallest absolute Gasteiger partial charge is 0.251 e. The average Bonchev–Trinajstić information content (AvgIpc) is 3.00. The van der Waals surface area contributed by atoms with Gasteiger partial charge in [0.15, 0.2) is 0 Å². The second-order valence-corrected chi connectivity index (χ2v) is 5.11. The highest BCUT2D eigenvalue weighted by Gasteiger charge is 2.07. The first kappa shape index (κ1) is 14.9. The van der Waals surface area contributed by atoms with Gasteiger partial charge >= 0.3 is 0 Å². The van der Waals surface area contributed by atoms with Gasteiger partial charge in [0.05, 0.1) is 5.69 Å². The van der Waals surface area contributed by atoms with Crippen LogP contribution in [0.25, 0.3) is 11.3 Å². The van der Waals surface area contributed by atoms with E-state index in [1.54, 1.807) is 23.3 Å². The number of aromatic nitrogens is 3. The lowest BCUT2D eigenvalue weighted by Crippen LogP contribution is -2.22. The summed E-state index contributed by atoms with van der Waals surface area (Å²) in [5.41, 5.74) is 3.17. The number of nitrogens with zero attached hydrogens (tertiary/aromatic N) is 3. The maximum atomic E-state index is 12.9. The van der Waals surface area contributed by atoms with Crippen LogP contribution in [0, 0.1) is 5.82 Å². The normalized spacial score (nSPS) is 10.5. The van der Waals surface area contributed by atoms with Gasteiger partial charge in [0.1, 0.15) is 5.82 Å². The van der Waals surface area contributed by atoms with Crippen molar-refractivity contribution in [2.45, 2.75) is 6.54 Å². The largest absolute Gasteiger partial charge is 0.348 e. The lowest BCUT2D eigenvalue weighted by Gasteiger charge is -2.07. The second kappa shape index (κ2) is 6.39. The van der Waals surface area contributed by atoms with E-state index in [-0.39, 0.29) is 11.7 Å². The fraction of sp³-hybridized carbons (Fsp3) is 0.118. The first-order valence-electron chi connectivity index (χ1n) is 7.09. The Morgan fingerprint density at radius 2 is 2.00 bits per heavy atom. The number of amides is 1. The van der Waals surface area contributed by atoms with Crippen molar-refractivity contribution in [1.82, 2.24) is 20.1 Å². The zero-order valence-corrected chi connectivity index (χ0v) is 12.5. The molecule has 0 aliphatic rings. The van der Waals surface area contributed by atoms with Gasteiger partial charge in [-0.1, -0.05) is 0 Å². The van der Waals surface area contributed by atoms with Gasteiger partial charge in [-0.2, -0.15) is 5.10 Å². The predicted molar refractivity (Wildman–Crippen MR) is 84.0 cm³/mol. The summed E-state index contributed by atoms with van der Waals surface area (Å²) < 4.78 is 14.6. The molecule has 0 atom stereocenters. The topological polar surface area (TPSA) is 59.8 Å². The van der Waals surface area contributed by atoms with Crippen LogP contribution < -0.4 is 5.32 Å². The van der Waals surface area contributed by atoms with E-state index in [0.29, 0.717) is 12.1 Å². The fourth-order valence-corrected chi connectivity index (χ4v) is 2.27. The lowest BCUT2D eigenvalue weighted by atomic mass is 10.1. The number of hydrogen-bond acceptors (Lipinski definition) is 3. The summed E-state index contributed by atoms with van der Waals surface area (Å²) in [6, 6.07) is 9.29. The molecular formula is C17H15FN4O. The van der Waals surface area contributed by atoms with Crippen LogP contribution in [0.5, 0.6) is 0 Å². The summed E-state index contributed by atoms with van der Waals surface area (Å²) in [7, 11) is 1.86. The number of nitrogens with one attached hydrogen (secondary N) is 1. The minimum Gasteiger partial charge on any atom is -0.348 e. The number of aryl methyl sites for hydroxylation is 1. The van der Waals surface area contributed by atoms with E-state index in [9.17, 15) is 9.18 Å². The Labute approximate surface area is 132 Å². The maximum absolute atomic E-state index is 12.9. The van der Waals surface area contributed by atoms with E-state index in [1.807, 2.05) is 19.2 Å². The number of hydrogen-bond donors (Lipinski definition) is 1. The van der Waals surface area contributed by atoms with E-state index in [2.05, 4.69) is 15.4 Å². The highest BCUT2D eigenvalue weighted by atomic mass is 19.1. The van der Waals surface area contributed by atoms with Gasteiger partial charge in [-0.05, 0) is 42.0 Å². The van der Waals surface area contributed by atoms with Crippen molar-refractivity contribution in [1.29, 1.82) is 0 Å². The van der Waals surface area contributed by atoms with Crippen LogP contribution in [-0.2, 0) is 13.6 Å². The summed E-state index contributed by atoms with van der Waals surface area (Å²) >= 11 is 0. The van der Waals surface area contributed by atoms with Crippen LogP contribution in [0.15, 0.2) is 55.0 Å². The van der Waals surface area contributed by atoms with Crippen molar-refractivity contribution >= 4 is 5.91 Å². The molecule has 2 aromatic heterocycles. The van der Waals surface area contributed by atoms with Crippen LogP contribution in [0.2, 0.25) is 0 Å². The number of benzene rings is 1. The Bertz CT molecular complexity index is 827. The van der Waals surface area contributed by atoms with Crippen molar-refractivity contribution in [3.63, 3.8) is 0 Å². The Hall–Kier alpha value is -3.02. The molecule has 2 heterocycles. The zero-order valence-electron chi connectivity index (χ0n) is 12.5. The number of carbonyl (C=O) groups excluding carboxylic acids is 1. The van der Waals surface area contributed by atoms with Gasteiger partial charge in [-0.15, -0.1) is 0 Å². The van der Waals surface area contributed by atoms with Gasteiger partial charge in [-0.25, -0.2) is 4.39 Å². The van der Waals surface area contributed by atoms with Gasteiger partial charge in [-0.3, -0.25) is 14.5 Å². The molecule has 1 N–H and O–H groups in total. The predicted octanol–water partition coefficient (Wildman–Crippen LogP) is 2.55. The van der Waals surface area contributed by atoms with Gasteiger partial charge < -0.3 is 5.32 Å². The molecule has 0 aliphatic carbocycles. The standard InChI is InChI=1S/C17H15FN4O/c1-22-16(6-7-21-22)14-8-12(9-19-11-14)10-20-17(23)13-2-4-15(18)5-3-13/h2-9,11H,10H2,1H3,(H,20,23). The van der Waals surface area contributed by atoms with Gasteiger partial charge in [0, 0.05) is 43.3 Å². The molecule has 6 heteroatoms. The molecule has 5 nitrogen and oxygen atoms in total. The molecule has 1 amide bonds. The quantitative estimate of drug-likeness (QED) is 0.805. The summed E-state index contributed by atoms with van der Waals surface area (Å²) in [6.07, 6.45) is 5.17. The van der Waals surface area contributed by atoms with Crippen molar-refractivity contribution in [3.05, 3.63) is 71.9 Å². The Morgan fingerprint density at radius 3 is 2.70 bits per heavy atom. The van der Waals surface area contributed by atoms with Crippen LogP contribution in [0.3, 0.4) is 0 Å². The van der Waals surface area contributed by atoms with Crippen LogP contribution in [-0.4, -0.2) is 20.7 Å². The number of halogens is 1. The fourth-order valence-electron chi connectivity index (χ4n) is 2.27. The molecule has 3 rings (SSSR count). The summed E-state index contributed by atoms with van der Waals surface area (Å²) in [5.74, 6) is -0.620. The Balaban J connectivity index is 1.70. The third kappa shape index (κ3) is 3.42. The summed E-state index contributed by atoms with van der Waals surface area (Å²) in [4.78, 5) is 16.2. The second-order valence-electron chi connectivity index (χ2n) is 5.11. The van der Waals surface area contributed by atoms with Crippen LogP contribution >= 0.6 is 0 Å². The summed E-state index contributed by atoms with van der Waals surface area (Å²) in [6.45, 7) is 0.342. The SMILES string of the molecule is Cn1nccc1-c1cncc(CNC(=O)c2ccc(F)cc2)c1. The molecule has 1 aromatic carbocycles. The molecule has 3 aromatic rings. The first-order valence-corrected chi connectivity index (χ1v) is 7.09. The molecule has 0 aliphatic heterocycles. The molecule has 0 bridgehead atoms. The monoisotopic (exact) mass is 310 g/mol. The van der Waals surface area contributed by atoms with Crippen molar-refractivity contribution in [2.75, 3.05) is 0 Å². The molecule has 0 unspecified atom stereocenters. The Kier molecular flexibility index (Phi) is 4.14. The van der Waals surface area contributed by atoms with E-state index in [1.165, 1.54) is 24.3 Å². The molecule has 23 heavy (non-hydrogen) atoms. The molecule has 0 radical (unpaired) electrons. The van der Waals surface area contributed by atoms with Gasteiger partial charge in [0.2, 0.25) is 0 Å². The number of pyridine rings is 1. The van der Waals surface area contributed by atoms with Crippen molar-refractivity contribution in [3.8, 4) is 11.3 Å².